The molecule has 2 aromatic rings. The lowest BCUT2D eigenvalue weighted by molar-refractivity contribution is 0.0946. The van der Waals surface area contributed by atoms with Crippen LogP contribution in [0.25, 0.3) is 0 Å². The Morgan fingerprint density at radius 1 is 1.38 bits per heavy atom. The van der Waals surface area contributed by atoms with Gasteiger partial charge in [-0.2, -0.15) is 0 Å². The van der Waals surface area contributed by atoms with Gasteiger partial charge in [0.15, 0.2) is 0 Å². The first-order chi connectivity index (χ1) is 11.3. The van der Waals surface area contributed by atoms with Crippen LogP contribution in [0.4, 0.5) is 0 Å². The second kappa shape index (κ2) is 7.44. The van der Waals surface area contributed by atoms with E-state index in [2.05, 4.69) is 10.3 Å². The summed E-state index contributed by atoms with van der Waals surface area (Å²) >= 11 is 0. The molecule has 0 spiro atoms. The Balaban J connectivity index is 2.24. The lowest BCUT2D eigenvalue weighted by Crippen LogP contribution is -2.37. The van der Waals surface area contributed by atoms with E-state index in [-0.39, 0.29) is 29.6 Å². The highest BCUT2D eigenvalue weighted by Crippen LogP contribution is 2.08. The van der Waals surface area contributed by atoms with Crippen LogP contribution in [-0.4, -0.2) is 45.6 Å². The fraction of sp³-hybridized carbons (Fsp3) is 0.471. The van der Waals surface area contributed by atoms with Gasteiger partial charge in [0, 0.05) is 38.2 Å². The molecule has 0 saturated heterocycles. The van der Waals surface area contributed by atoms with Crippen LogP contribution in [0.1, 0.15) is 34.7 Å². The number of hydrogen-bond acceptors (Lipinski definition) is 4. The van der Waals surface area contributed by atoms with Crippen LogP contribution in [0, 0.1) is 6.92 Å². The van der Waals surface area contributed by atoms with E-state index in [0.717, 1.165) is 12.4 Å². The SMILES string of the molecule is Cc1ccn(C(C)CN(C)C)c(=O)c1C(=O)NCc1nccn1C. The van der Waals surface area contributed by atoms with E-state index >= 15 is 0 Å². The number of nitrogens with zero attached hydrogens (tertiary/aromatic N) is 4. The summed E-state index contributed by atoms with van der Waals surface area (Å²) in [6.07, 6.45) is 5.23. The molecular formula is C17H25N5O2. The number of aryl methyl sites for hydroxylation is 2. The number of pyridine rings is 1. The molecule has 1 unspecified atom stereocenters. The molecule has 0 radical (unpaired) electrons. The molecule has 0 saturated carbocycles. The van der Waals surface area contributed by atoms with Crippen molar-refractivity contribution in [2.45, 2.75) is 26.4 Å². The minimum absolute atomic E-state index is 0.0193. The van der Waals surface area contributed by atoms with Crippen molar-refractivity contribution in [2.75, 3.05) is 20.6 Å². The Morgan fingerprint density at radius 2 is 2.08 bits per heavy atom. The predicted octanol–water partition coefficient (Wildman–Crippen LogP) is 0.943. The van der Waals surface area contributed by atoms with Gasteiger partial charge in [0.2, 0.25) is 0 Å². The van der Waals surface area contributed by atoms with Gasteiger partial charge in [-0.1, -0.05) is 0 Å². The summed E-state index contributed by atoms with van der Waals surface area (Å²) < 4.78 is 3.44. The van der Waals surface area contributed by atoms with E-state index < -0.39 is 0 Å². The normalized spacial score (nSPS) is 12.4. The van der Waals surface area contributed by atoms with E-state index in [4.69, 9.17) is 0 Å². The van der Waals surface area contributed by atoms with Crippen molar-refractivity contribution in [1.29, 1.82) is 0 Å². The van der Waals surface area contributed by atoms with Crippen LogP contribution in [0.5, 0.6) is 0 Å². The predicted molar refractivity (Wildman–Crippen MR) is 93.1 cm³/mol. The van der Waals surface area contributed by atoms with E-state index in [1.807, 2.05) is 49.8 Å². The number of nitrogens with one attached hydrogen (secondary N) is 1. The van der Waals surface area contributed by atoms with Crippen LogP contribution in [-0.2, 0) is 13.6 Å². The summed E-state index contributed by atoms with van der Waals surface area (Å²) in [4.78, 5) is 31.4. The van der Waals surface area contributed by atoms with Crippen LogP contribution < -0.4 is 10.9 Å². The molecule has 1 atom stereocenters. The monoisotopic (exact) mass is 331 g/mol. The van der Waals surface area contributed by atoms with Gasteiger partial charge in [0.25, 0.3) is 11.5 Å². The van der Waals surface area contributed by atoms with Gasteiger partial charge in [-0.25, -0.2) is 4.98 Å². The number of likely N-dealkylation sites (N-methyl/N-ethyl adjacent to an activating group) is 1. The van der Waals surface area contributed by atoms with Gasteiger partial charge < -0.3 is 19.4 Å². The molecule has 2 aromatic heterocycles. The van der Waals surface area contributed by atoms with Crippen molar-refractivity contribution in [3.05, 3.63) is 52.0 Å². The lowest BCUT2D eigenvalue weighted by Gasteiger charge is -2.20. The van der Waals surface area contributed by atoms with Crippen molar-refractivity contribution in [3.63, 3.8) is 0 Å². The first kappa shape index (κ1) is 17.9. The van der Waals surface area contributed by atoms with Gasteiger partial charge >= 0.3 is 0 Å². The van der Waals surface area contributed by atoms with E-state index in [1.54, 1.807) is 23.9 Å². The van der Waals surface area contributed by atoms with Crippen molar-refractivity contribution < 1.29 is 4.79 Å². The molecular weight excluding hydrogens is 306 g/mol. The zero-order valence-corrected chi connectivity index (χ0v) is 14.9. The zero-order chi connectivity index (χ0) is 17.9. The summed E-state index contributed by atoms with van der Waals surface area (Å²) in [5.74, 6) is 0.366. The van der Waals surface area contributed by atoms with Crippen LogP contribution in [0.2, 0.25) is 0 Å². The Morgan fingerprint density at radius 3 is 2.67 bits per heavy atom. The van der Waals surface area contributed by atoms with Gasteiger partial charge in [-0.3, -0.25) is 9.59 Å². The highest BCUT2D eigenvalue weighted by molar-refractivity contribution is 5.95. The topological polar surface area (TPSA) is 72.2 Å². The first-order valence-electron chi connectivity index (χ1n) is 7.92. The highest BCUT2D eigenvalue weighted by atomic mass is 16.2. The molecule has 0 aromatic carbocycles. The Hall–Kier alpha value is -2.41. The van der Waals surface area contributed by atoms with E-state index in [9.17, 15) is 9.59 Å². The molecule has 1 N–H and O–H groups in total. The van der Waals surface area contributed by atoms with Gasteiger partial charge in [-0.05, 0) is 39.6 Å². The molecule has 0 bridgehead atoms. The van der Waals surface area contributed by atoms with E-state index in [0.29, 0.717) is 5.56 Å². The smallest absolute Gasteiger partial charge is 0.263 e. The Labute approximate surface area is 141 Å². The fourth-order valence-electron chi connectivity index (χ4n) is 2.70. The van der Waals surface area contributed by atoms with Gasteiger partial charge in [0.05, 0.1) is 6.54 Å². The minimum atomic E-state index is -0.369. The number of rotatable bonds is 6. The second-order valence-corrected chi connectivity index (χ2v) is 6.33. The number of amides is 1. The largest absolute Gasteiger partial charge is 0.345 e. The summed E-state index contributed by atoms with van der Waals surface area (Å²) in [6.45, 7) is 4.74. The molecule has 7 heteroatoms. The quantitative estimate of drug-likeness (QED) is 0.855. The van der Waals surface area contributed by atoms with Crippen LogP contribution in [0.3, 0.4) is 0 Å². The molecule has 0 fully saturated rings. The number of aromatic nitrogens is 3. The first-order valence-corrected chi connectivity index (χ1v) is 7.92. The van der Waals surface area contributed by atoms with Crippen LogP contribution >= 0.6 is 0 Å². The molecule has 0 aliphatic heterocycles. The third-order valence-electron chi connectivity index (χ3n) is 3.99. The Kier molecular flexibility index (Phi) is 5.56. The maximum Gasteiger partial charge on any atom is 0.263 e. The maximum absolute atomic E-state index is 12.7. The summed E-state index contributed by atoms with van der Waals surface area (Å²) in [6, 6.07) is 1.79. The molecule has 0 aliphatic rings. The standard InChI is InChI=1S/C17H25N5O2/c1-12-6-8-22(13(2)11-20(3)4)17(24)15(12)16(23)19-10-14-18-7-9-21(14)5/h6-9,13H,10-11H2,1-5H3,(H,19,23). The average molecular weight is 331 g/mol. The zero-order valence-electron chi connectivity index (χ0n) is 14.9. The van der Waals surface area contributed by atoms with Gasteiger partial charge in [0.1, 0.15) is 11.4 Å². The number of carbonyl (C=O) groups excluding carboxylic acids is 1. The molecule has 130 valence electrons. The summed E-state index contributed by atoms with van der Waals surface area (Å²) in [5, 5.41) is 2.78. The minimum Gasteiger partial charge on any atom is -0.345 e. The highest BCUT2D eigenvalue weighted by Gasteiger charge is 2.18. The molecule has 1 amide bonds. The molecule has 24 heavy (non-hydrogen) atoms. The van der Waals surface area contributed by atoms with Crippen molar-refractivity contribution in [2.24, 2.45) is 7.05 Å². The molecule has 2 heterocycles. The third kappa shape index (κ3) is 3.91. The van der Waals surface area contributed by atoms with Crippen molar-refractivity contribution in [3.8, 4) is 0 Å². The number of hydrogen-bond donors (Lipinski definition) is 1. The maximum atomic E-state index is 12.7. The third-order valence-corrected chi connectivity index (χ3v) is 3.99. The number of imidazole rings is 1. The lowest BCUT2D eigenvalue weighted by atomic mass is 10.1. The van der Waals surface area contributed by atoms with Crippen molar-refractivity contribution in [1.82, 2.24) is 24.3 Å². The fourth-order valence-corrected chi connectivity index (χ4v) is 2.70. The molecule has 2 rings (SSSR count). The van der Waals surface area contributed by atoms with Crippen LogP contribution in [0.15, 0.2) is 29.5 Å². The number of carbonyl (C=O) groups is 1. The average Bonchev–Trinajstić information content (AvgIpc) is 2.89. The molecule has 7 nitrogen and oxygen atoms in total. The van der Waals surface area contributed by atoms with E-state index in [1.165, 1.54) is 0 Å². The summed E-state index contributed by atoms with van der Waals surface area (Å²) in [5.41, 5.74) is 0.602. The Bertz CT molecular complexity index is 776. The van der Waals surface area contributed by atoms with Gasteiger partial charge in [-0.15, -0.1) is 0 Å². The van der Waals surface area contributed by atoms with Crippen molar-refractivity contribution >= 4 is 5.91 Å². The second-order valence-electron chi connectivity index (χ2n) is 6.33. The molecule has 0 aliphatic carbocycles. The summed E-state index contributed by atoms with van der Waals surface area (Å²) in [7, 11) is 5.77.